The van der Waals surface area contributed by atoms with Gasteiger partial charge in [-0.15, -0.1) is 0 Å². The molecular weight excluding hydrogens is 448 g/mol. The molecule has 0 radical (unpaired) electrons. The standard InChI is InChI=1S/C24H23ClN2O4S/c1-15-4-8-19(9-5-15)32(29,30)27-14-23(31-22-11-7-18(25)13-21(22)27)24(28)26-20-10-6-16(2)12-17(20)3/h4-13,23H,14H2,1-3H3,(H,26,28). The number of rotatable bonds is 4. The number of hydrogen-bond donors (Lipinski definition) is 1. The van der Waals surface area contributed by atoms with Crippen molar-refractivity contribution in [3.63, 3.8) is 0 Å². The lowest BCUT2D eigenvalue weighted by atomic mass is 10.1. The second-order valence-electron chi connectivity index (χ2n) is 7.88. The van der Waals surface area contributed by atoms with E-state index in [4.69, 9.17) is 16.3 Å². The number of aryl methyl sites for hydroxylation is 3. The Kier molecular flexibility index (Phi) is 5.88. The number of hydrogen-bond acceptors (Lipinski definition) is 4. The van der Waals surface area contributed by atoms with Gasteiger partial charge in [-0.3, -0.25) is 9.10 Å². The first-order valence-corrected chi connectivity index (χ1v) is 11.9. The van der Waals surface area contributed by atoms with Gasteiger partial charge in [-0.05, 0) is 62.7 Å². The minimum Gasteiger partial charge on any atom is -0.476 e. The average Bonchev–Trinajstić information content (AvgIpc) is 2.75. The lowest BCUT2D eigenvalue weighted by Crippen LogP contribution is -2.48. The van der Waals surface area contributed by atoms with Crippen LogP contribution in [0.25, 0.3) is 0 Å². The fraction of sp³-hybridized carbons (Fsp3) is 0.208. The summed E-state index contributed by atoms with van der Waals surface area (Å²) in [6.07, 6.45) is -1.04. The van der Waals surface area contributed by atoms with Crippen LogP contribution in [0.1, 0.15) is 16.7 Å². The van der Waals surface area contributed by atoms with Gasteiger partial charge < -0.3 is 10.1 Å². The fourth-order valence-electron chi connectivity index (χ4n) is 3.59. The highest BCUT2D eigenvalue weighted by molar-refractivity contribution is 7.92. The van der Waals surface area contributed by atoms with Crippen molar-refractivity contribution in [3.05, 3.63) is 82.4 Å². The monoisotopic (exact) mass is 470 g/mol. The zero-order valence-corrected chi connectivity index (χ0v) is 19.5. The topological polar surface area (TPSA) is 75.7 Å². The van der Waals surface area contributed by atoms with Crippen molar-refractivity contribution in [3.8, 4) is 5.75 Å². The number of halogens is 1. The molecule has 0 fully saturated rings. The molecule has 0 aliphatic carbocycles. The van der Waals surface area contributed by atoms with E-state index in [1.54, 1.807) is 36.4 Å². The lowest BCUT2D eigenvalue weighted by Gasteiger charge is -2.35. The summed E-state index contributed by atoms with van der Waals surface area (Å²) in [5, 5.41) is 3.23. The molecular formula is C24H23ClN2O4S. The molecule has 1 aliphatic rings. The van der Waals surface area contributed by atoms with E-state index in [9.17, 15) is 13.2 Å². The molecule has 1 atom stereocenters. The number of amides is 1. The number of benzene rings is 3. The molecule has 32 heavy (non-hydrogen) atoms. The van der Waals surface area contributed by atoms with Crippen LogP contribution in [0.15, 0.2) is 65.6 Å². The molecule has 1 aliphatic heterocycles. The molecule has 166 valence electrons. The van der Waals surface area contributed by atoms with E-state index >= 15 is 0 Å². The smallest absolute Gasteiger partial charge is 0.267 e. The van der Waals surface area contributed by atoms with Gasteiger partial charge in [0.25, 0.3) is 15.9 Å². The molecule has 1 unspecified atom stereocenters. The van der Waals surface area contributed by atoms with E-state index < -0.39 is 22.0 Å². The highest BCUT2D eigenvalue weighted by Crippen LogP contribution is 2.39. The maximum atomic E-state index is 13.5. The first kappa shape index (κ1) is 22.2. The summed E-state index contributed by atoms with van der Waals surface area (Å²) >= 11 is 6.14. The van der Waals surface area contributed by atoms with Gasteiger partial charge in [-0.2, -0.15) is 0 Å². The second-order valence-corrected chi connectivity index (χ2v) is 10.2. The molecule has 3 aromatic carbocycles. The van der Waals surface area contributed by atoms with E-state index in [-0.39, 0.29) is 17.2 Å². The first-order chi connectivity index (χ1) is 15.1. The van der Waals surface area contributed by atoms with E-state index in [0.29, 0.717) is 16.4 Å². The van der Waals surface area contributed by atoms with Gasteiger partial charge in [-0.1, -0.05) is 47.0 Å². The molecule has 0 bridgehead atoms. The molecule has 8 heteroatoms. The highest BCUT2D eigenvalue weighted by Gasteiger charge is 2.38. The number of anilines is 2. The Labute approximate surface area is 192 Å². The molecule has 4 rings (SSSR count). The molecule has 0 spiro atoms. The van der Waals surface area contributed by atoms with Gasteiger partial charge in [0.15, 0.2) is 6.10 Å². The van der Waals surface area contributed by atoms with Crippen LogP contribution in [-0.4, -0.2) is 27.0 Å². The summed E-state index contributed by atoms with van der Waals surface area (Å²) in [5.74, 6) is -0.154. The molecule has 1 heterocycles. The first-order valence-electron chi connectivity index (χ1n) is 10.1. The van der Waals surface area contributed by atoms with Crippen LogP contribution in [0.3, 0.4) is 0 Å². The van der Waals surface area contributed by atoms with Crippen molar-refractivity contribution >= 4 is 38.9 Å². The Bertz CT molecular complexity index is 1290. The fourth-order valence-corrected chi connectivity index (χ4v) is 5.23. The summed E-state index contributed by atoms with van der Waals surface area (Å²) in [4.78, 5) is 13.2. The van der Waals surface area contributed by atoms with Crippen molar-refractivity contribution in [2.24, 2.45) is 0 Å². The zero-order valence-electron chi connectivity index (χ0n) is 17.9. The number of carbonyl (C=O) groups excluding carboxylic acids is 1. The molecule has 6 nitrogen and oxygen atoms in total. The molecule has 0 saturated carbocycles. The average molecular weight is 471 g/mol. The predicted octanol–water partition coefficient (Wildman–Crippen LogP) is 4.86. The van der Waals surface area contributed by atoms with Crippen LogP contribution in [0, 0.1) is 20.8 Å². The minimum absolute atomic E-state index is 0.129. The second kappa shape index (κ2) is 8.48. The van der Waals surface area contributed by atoms with Gasteiger partial charge >= 0.3 is 0 Å². The number of sulfonamides is 1. The van der Waals surface area contributed by atoms with Gasteiger partial charge in [-0.25, -0.2) is 8.42 Å². The molecule has 0 aromatic heterocycles. The van der Waals surface area contributed by atoms with Crippen molar-refractivity contribution in [2.45, 2.75) is 31.8 Å². The maximum absolute atomic E-state index is 13.5. The third kappa shape index (κ3) is 4.31. The Hall–Kier alpha value is -3.03. The molecule has 1 amide bonds. The summed E-state index contributed by atoms with van der Waals surface area (Å²) < 4.78 is 34.0. The van der Waals surface area contributed by atoms with Gasteiger partial charge in [0.2, 0.25) is 0 Å². The van der Waals surface area contributed by atoms with Gasteiger partial charge in [0.1, 0.15) is 5.75 Å². The molecule has 1 N–H and O–H groups in total. The van der Waals surface area contributed by atoms with Gasteiger partial charge in [0, 0.05) is 10.7 Å². The third-order valence-electron chi connectivity index (χ3n) is 5.33. The highest BCUT2D eigenvalue weighted by atomic mass is 35.5. The number of nitrogens with zero attached hydrogens (tertiary/aromatic N) is 1. The Balaban J connectivity index is 1.69. The zero-order chi connectivity index (χ0) is 23.0. The van der Waals surface area contributed by atoms with Gasteiger partial charge in [0.05, 0.1) is 17.1 Å². The van der Waals surface area contributed by atoms with Crippen molar-refractivity contribution in [1.29, 1.82) is 0 Å². The third-order valence-corrected chi connectivity index (χ3v) is 7.36. The maximum Gasteiger partial charge on any atom is 0.267 e. The number of ether oxygens (including phenoxy) is 1. The number of carbonyl (C=O) groups is 1. The largest absolute Gasteiger partial charge is 0.476 e. The van der Waals surface area contributed by atoms with Crippen molar-refractivity contribution < 1.29 is 17.9 Å². The van der Waals surface area contributed by atoms with Crippen LogP contribution in [0.2, 0.25) is 5.02 Å². The van der Waals surface area contributed by atoms with Crippen molar-refractivity contribution in [2.75, 3.05) is 16.2 Å². The molecule has 0 saturated heterocycles. The van der Waals surface area contributed by atoms with Crippen LogP contribution in [0.4, 0.5) is 11.4 Å². The number of nitrogens with one attached hydrogen (secondary N) is 1. The summed E-state index contributed by atoms with van der Waals surface area (Å²) in [6, 6.07) is 16.9. The Morgan fingerprint density at radius 3 is 2.38 bits per heavy atom. The van der Waals surface area contributed by atoms with Crippen LogP contribution in [-0.2, 0) is 14.8 Å². The quantitative estimate of drug-likeness (QED) is 0.590. The van der Waals surface area contributed by atoms with E-state index in [2.05, 4.69) is 5.32 Å². The lowest BCUT2D eigenvalue weighted by molar-refractivity contribution is -0.122. The van der Waals surface area contributed by atoms with Crippen LogP contribution >= 0.6 is 11.6 Å². The Morgan fingerprint density at radius 1 is 1.00 bits per heavy atom. The normalized spacial score (nSPS) is 15.6. The van der Waals surface area contributed by atoms with E-state index in [1.165, 1.54) is 10.4 Å². The van der Waals surface area contributed by atoms with Crippen molar-refractivity contribution in [1.82, 2.24) is 0 Å². The SMILES string of the molecule is Cc1ccc(S(=O)(=O)N2CC(C(=O)Nc3ccc(C)cc3C)Oc3ccc(Cl)cc32)cc1. The van der Waals surface area contributed by atoms with Crippen LogP contribution in [0.5, 0.6) is 5.75 Å². The number of fused-ring (bicyclic) bond motifs is 1. The van der Waals surface area contributed by atoms with Crippen LogP contribution < -0.4 is 14.4 Å². The summed E-state index contributed by atoms with van der Waals surface area (Å²) in [7, 11) is -3.95. The summed E-state index contributed by atoms with van der Waals surface area (Å²) in [5.41, 5.74) is 3.88. The molecule has 3 aromatic rings. The van der Waals surface area contributed by atoms with E-state index in [1.807, 2.05) is 39.0 Å². The predicted molar refractivity (Wildman–Crippen MR) is 126 cm³/mol. The van der Waals surface area contributed by atoms with E-state index in [0.717, 1.165) is 16.7 Å². The summed E-state index contributed by atoms with van der Waals surface area (Å²) in [6.45, 7) is 5.57. The minimum atomic E-state index is -3.95. The Morgan fingerprint density at radius 2 is 1.69 bits per heavy atom.